The summed E-state index contributed by atoms with van der Waals surface area (Å²) in [5, 5.41) is 11.1. The van der Waals surface area contributed by atoms with E-state index in [0.717, 1.165) is 19.4 Å². The first-order chi connectivity index (χ1) is 9.04. The Labute approximate surface area is 115 Å². The molecular formula is C13H26N2O4. The van der Waals surface area contributed by atoms with Crippen LogP contribution in [-0.4, -0.2) is 54.9 Å². The number of ether oxygens (including phenoxy) is 1. The van der Waals surface area contributed by atoms with Crippen LogP contribution in [0.5, 0.6) is 0 Å². The van der Waals surface area contributed by atoms with Gasteiger partial charge < -0.3 is 20.1 Å². The highest BCUT2D eigenvalue weighted by Gasteiger charge is 2.14. The van der Waals surface area contributed by atoms with Gasteiger partial charge in [-0.2, -0.15) is 0 Å². The van der Waals surface area contributed by atoms with Crippen molar-refractivity contribution in [1.82, 2.24) is 10.2 Å². The molecule has 0 rings (SSSR count). The summed E-state index contributed by atoms with van der Waals surface area (Å²) in [6, 6.07) is -0.117. The summed E-state index contributed by atoms with van der Waals surface area (Å²) in [4.78, 5) is 23.9. The van der Waals surface area contributed by atoms with Gasteiger partial charge >= 0.3 is 12.0 Å². The molecular weight excluding hydrogens is 248 g/mol. The van der Waals surface area contributed by atoms with Crippen LogP contribution in [0.1, 0.15) is 33.6 Å². The summed E-state index contributed by atoms with van der Waals surface area (Å²) in [7, 11) is 0. The molecule has 112 valence electrons. The fraction of sp³-hybridized carbons (Fsp3) is 0.846. The Hall–Kier alpha value is -1.30. The van der Waals surface area contributed by atoms with Crippen LogP contribution in [0.3, 0.4) is 0 Å². The second kappa shape index (κ2) is 10.6. The predicted octanol–water partition coefficient (Wildman–Crippen LogP) is 1.56. The van der Waals surface area contributed by atoms with Crippen LogP contribution in [0.2, 0.25) is 0 Å². The number of rotatable bonds is 10. The lowest BCUT2D eigenvalue weighted by Crippen LogP contribution is -2.43. The zero-order chi connectivity index (χ0) is 14.7. The van der Waals surface area contributed by atoms with Gasteiger partial charge in [0.15, 0.2) is 0 Å². The number of urea groups is 1. The molecule has 0 fully saturated rings. The highest BCUT2D eigenvalue weighted by atomic mass is 16.5. The number of carboxylic acids is 1. The van der Waals surface area contributed by atoms with E-state index in [0.29, 0.717) is 19.0 Å². The molecule has 0 bridgehead atoms. The lowest BCUT2D eigenvalue weighted by Gasteiger charge is -2.25. The maximum absolute atomic E-state index is 11.9. The van der Waals surface area contributed by atoms with Crippen LogP contribution in [0.15, 0.2) is 0 Å². The lowest BCUT2D eigenvalue weighted by molar-refractivity contribution is -0.142. The lowest BCUT2D eigenvalue weighted by atomic mass is 10.0. The highest BCUT2D eigenvalue weighted by Crippen LogP contribution is 2.09. The number of hydrogen-bond donors (Lipinski definition) is 2. The van der Waals surface area contributed by atoms with Crippen molar-refractivity contribution in [2.24, 2.45) is 5.92 Å². The first-order valence-corrected chi connectivity index (χ1v) is 6.87. The molecule has 0 aromatic carbocycles. The minimum Gasteiger partial charge on any atom is -0.480 e. The second-order valence-corrected chi connectivity index (χ2v) is 4.40. The van der Waals surface area contributed by atoms with E-state index in [1.807, 2.05) is 6.92 Å². The van der Waals surface area contributed by atoms with Gasteiger partial charge in [0.25, 0.3) is 0 Å². The fourth-order valence-corrected chi connectivity index (χ4v) is 1.72. The summed E-state index contributed by atoms with van der Waals surface area (Å²) in [6.07, 6.45) is 2.12. The fourth-order valence-electron chi connectivity index (χ4n) is 1.72. The van der Waals surface area contributed by atoms with Crippen molar-refractivity contribution in [2.45, 2.75) is 33.6 Å². The van der Waals surface area contributed by atoms with Gasteiger partial charge in [-0.25, -0.2) is 9.59 Å². The van der Waals surface area contributed by atoms with E-state index in [1.54, 1.807) is 4.90 Å². The molecule has 0 aliphatic carbocycles. The summed E-state index contributed by atoms with van der Waals surface area (Å²) in [6.45, 7) is 7.82. The van der Waals surface area contributed by atoms with Crippen LogP contribution < -0.4 is 5.32 Å². The topological polar surface area (TPSA) is 78.9 Å². The van der Waals surface area contributed by atoms with E-state index in [2.05, 4.69) is 19.2 Å². The maximum atomic E-state index is 11.9. The second-order valence-electron chi connectivity index (χ2n) is 4.40. The van der Waals surface area contributed by atoms with Crippen LogP contribution in [0, 0.1) is 5.92 Å². The molecule has 0 heterocycles. The van der Waals surface area contributed by atoms with E-state index < -0.39 is 5.97 Å². The molecule has 2 amide bonds. The third-order valence-corrected chi connectivity index (χ3v) is 3.05. The van der Waals surface area contributed by atoms with Crippen molar-refractivity contribution in [1.29, 1.82) is 0 Å². The normalized spacial score (nSPS) is 10.5. The summed E-state index contributed by atoms with van der Waals surface area (Å²) in [5.41, 5.74) is 0. The van der Waals surface area contributed by atoms with E-state index >= 15 is 0 Å². The van der Waals surface area contributed by atoms with Crippen molar-refractivity contribution < 1.29 is 19.4 Å². The molecule has 0 unspecified atom stereocenters. The number of hydrogen-bond acceptors (Lipinski definition) is 3. The number of carbonyl (C=O) groups excluding carboxylic acids is 1. The van der Waals surface area contributed by atoms with E-state index in [9.17, 15) is 9.59 Å². The van der Waals surface area contributed by atoms with Gasteiger partial charge in [-0.3, -0.25) is 0 Å². The van der Waals surface area contributed by atoms with Gasteiger partial charge in [-0.1, -0.05) is 26.7 Å². The maximum Gasteiger partial charge on any atom is 0.329 e. The Morgan fingerprint density at radius 1 is 1.26 bits per heavy atom. The molecule has 0 spiro atoms. The molecule has 19 heavy (non-hydrogen) atoms. The molecule has 0 aliphatic heterocycles. The molecule has 0 saturated heterocycles. The van der Waals surface area contributed by atoms with Crippen molar-refractivity contribution in [3.05, 3.63) is 0 Å². The minimum absolute atomic E-state index is 0.117. The number of nitrogens with one attached hydrogen (secondary N) is 1. The molecule has 2 N–H and O–H groups in total. The smallest absolute Gasteiger partial charge is 0.329 e. The van der Waals surface area contributed by atoms with Gasteiger partial charge in [0.05, 0.1) is 6.61 Å². The van der Waals surface area contributed by atoms with Crippen molar-refractivity contribution in [3.63, 3.8) is 0 Å². The van der Waals surface area contributed by atoms with Crippen LogP contribution >= 0.6 is 0 Å². The quantitative estimate of drug-likeness (QED) is 0.592. The number of aliphatic carboxylic acids is 1. The van der Waals surface area contributed by atoms with Crippen molar-refractivity contribution >= 4 is 12.0 Å². The van der Waals surface area contributed by atoms with Gasteiger partial charge in [0.1, 0.15) is 6.61 Å². The van der Waals surface area contributed by atoms with E-state index in [1.165, 1.54) is 0 Å². The third-order valence-electron chi connectivity index (χ3n) is 3.05. The number of carbonyl (C=O) groups is 2. The average molecular weight is 274 g/mol. The van der Waals surface area contributed by atoms with Crippen molar-refractivity contribution in [2.75, 3.05) is 32.8 Å². The Kier molecular flexibility index (Phi) is 9.88. The molecule has 0 atom stereocenters. The van der Waals surface area contributed by atoms with Crippen molar-refractivity contribution in [3.8, 4) is 0 Å². The molecule has 6 heteroatoms. The van der Waals surface area contributed by atoms with Gasteiger partial charge in [-0.15, -0.1) is 0 Å². The Morgan fingerprint density at radius 2 is 1.89 bits per heavy atom. The zero-order valence-electron chi connectivity index (χ0n) is 12.1. The first-order valence-electron chi connectivity index (χ1n) is 6.87. The van der Waals surface area contributed by atoms with Crippen LogP contribution in [0.25, 0.3) is 0 Å². The summed E-state index contributed by atoms with van der Waals surface area (Å²) >= 11 is 0. The van der Waals surface area contributed by atoms with Crippen LogP contribution in [0.4, 0.5) is 4.79 Å². The SMILES string of the molecule is CCC(CC)CN(CC)C(=O)NCCOCC(=O)O. The number of amides is 2. The summed E-state index contributed by atoms with van der Waals surface area (Å²) in [5.74, 6) is -0.482. The largest absolute Gasteiger partial charge is 0.480 e. The Bertz CT molecular complexity index is 267. The average Bonchev–Trinajstić information content (AvgIpc) is 2.39. The van der Waals surface area contributed by atoms with Gasteiger partial charge in [0, 0.05) is 19.6 Å². The van der Waals surface area contributed by atoms with E-state index in [-0.39, 0.29) is 19.2 Å². The molecule has 0 aromatic rings. The van der Waals surface area contributed by atoms with Gasteiger partial charge in [0.2, 0.25) is 0 Å². The highest BCUT2D eigenvalue weighted by molar-refractivity contribution is 5.74. The first kappa shape index (κ1) is 17.7. The van der Waals surface area contributed by atoms with E-state index in [4.69, 9.17) is 9.84 Å². The Balaban J connectivity index is 3.91. The molecule has 0 saturated carbocycles. The minimum atomic E-state index is -1.00. The van der Waals surface area contributed by atoms with Gasteiger partial charge in [-0.05, 0) is 12.8 Å². The molecule has 0 aromatic heterocycles. The monoisotopic (exact) mass is 274 g/mol. The van der Waals surface area contributed by atoms with Crippen LogP contribution in [-0.2, 0) is 9.53 Å². The molecule has 0 aliphatic rings. The number of nitrogens with zero attached hydrogens (tertiary/aromatic N) is 1. The standard InChI is InChI=1S/C13H26N2O4/c1-4-11(5-2)9-15(6-3)13(18)14-7-8-19-10-12(16)17/h11H,4-10H2,1-3H3,(H,14,18)(H,16,17). The number of carboxylic acid groups (broad SMARTS) is 1. The predicted molar refractivity (Wildman–Crippen MR) is 73.2 cm³/mol. The zero-order valence-corrected chi connectivity index (χ0v) is 12.1. The third kappa shape index (κ3) is 8.42. The molecule has 0 radical (unpaired) electrons. The summed E-state index contributed by atoms with van der Waals surface area (Å²) < 4.78 is 4.85. The Morgan fingerprint density at radius 3 is 2.37 bits per heavy atom. The molecule has 6 nitrogen and oxygen atoms in total.